The van der Waals surface area contributed by atoms with E-state index in [9.17, 15) is 9.59 Å². The monoisotopic (exact) mass is 472 g/mol. The van der Waals surface area contributed by atoms with Crippen molar-refractivity contribution in [3.63, 3.8) is 0 Å². The standard InChI is InChI=1S/C31H36O4/c1-5-7-14-23-16-9-11-18-26(23)30(32)34-28-21-13-20-25(22(3)4)29(28)35-31(33)27-19-12-10-17-24(27)15-8-6-2/h9-13,16-22H,5-8,14-15H2,1-4H3. The van der Waals surface area contributed by atoms with Gasteiger partial charge in [-0.15, -0.1) is 0 Å². The van der Waals surface area contributed by atoms with Crippen LogP contribution < -0.4 is 9.47 Å². The number of esters is 2. The Labute approximate surface area is 209 Å². The molecule has 0 radical (unpaired) electrons. The predicted octanol–water partition coefficient (Wildman–Crippen LogP) is 7.93. The van der Waals surface area contributed by atoms with Gasteiger partial charge in [0.25, 0.3) is 0 Å². The molecule has 0 heterocycles. The van der Waals surface area contributed by atoms with Crippen LogP contribution in [0.1, 0.15) is 96.7 Å². The Bertz CT molecular complexity index is 1150. The lowest BCUT2D eigenvalue weighted by atomic mass is 10.0. The number of aryl methyl sites for hydroxylation is 2. The molecule has 0 aliphatic carbocycles. The molecule has 3 aromatic rings. The fourth-order valence-corrected chi connectivity index (χ4v) is 4.09. The van der Waals surface area contributed by atoms with E-state index in [0.717, 1.165) is 55.2 Å². The van der Waals surface area contributed by atoms with Gasteiger partial charge >= 0.3 is 11.9 Å². The van der Waals surface area contributed by atoms with Crippen molar-refractivity contribution in [2.45, 2.75) is 72.1 Å². The maximum absolute atomic E-state index is 13.3. The third-order valence-electron chi connectivity index (χ3n) is 6.10. The molecule has 0 spiro atoms. The average molecular weight is 473 g/mol. The lowest BCUT2D eigenvalue weighted by Crippen LogP contribution is -2.16. The molecule has 0 fully saturated rings. The van der Waals surface area contributed by atoms with Crippen LogP contribution in [0.15, 0.2) is 66.7 Å². The molecule has 0 unspecified atom stereocenters. The summed E-state index contributed by atoms with van der Waals surface area (Å²) in [7, 11) is 0. The molecule has 0 aromatic heterocycles. The highest BCUT2D eigenvalue weighted by Crippen LogP contribution is 2.37. The van der Waals surface area contributed by atoms with Crippen molar-refractivity contribution >= 4 is 11.9 Å². The minimum absolute atomic E-state index is 0.0728. The summed E-state index contributed by atoms with van der Waals surface area (Å²) in [5, 5.41) is 0. The quantitative estimate of drug-likeness (QED) is 0.210. The molecule has 0 amide bonds. The second-order valence-corrected chi connectivity index (χ2v) is 9.13. The second-order valence-electron chi connectivity index (χ2n) is 9.13. The Hall–Kier alpha value is -3.40. The average Bonchev–Trinajstić information content (AvgIpc) is 2.87. The first kappa shape index (κ1) is 26.2. The Morgan fingerprint density at radius 2 is 1.20 bits per heavy atom. The van der Waals surface area contributed by atoms with E-state index in [4.69, 9.17) is 9.47 Å². The molecule has 3 aromatic carbocycles. The van der Waals surface area contributed by atoms with Crippen LogP contribution in [0.3, 0.4) is 0 Å². The summed E-state index contributed by atoms with van der Waals surface area (Å²) in [6.07, 6.45) is 5.69. The van der Waals surface area contributed by atoms with Crippen molar-refractivity contribution in [3.05, 3.63) is 94.5 Å². The number of rotatable bonds is 11. The van der Waals surface area contributed by atoms with E-state index in [1.165, 1.54) is 0 Å². The van der Waals surface area contributed by atoms with Gasteiger partial charge in [0.15, 0.2) is 11.5 Å². The summed E-state index contributed by atoms with van der Waals surface area (Å²) in [5.74, 6) is -0.254. The van der Waals surface area contributed by atoms with Crippen LogP contribution in [0.25, 0.3) is 0 Å². The van der Waals surface area contributed by atoms with E-state index in [0.29, 0.717) is 16.9 Å². The molecule has 0 aliphatic heterocycles. The molecule has 4 nitrogen and oxygen atoms in total. The largest absolute Gasteiger partial charge is 0.419 e. The molecule has 0 atom stereocenters. The first-order chi connectivity index (χ1) is 17.0. The minimum Gasteiger partial charge on any atom is -0.419 e. The van der Waals surface area contributed by atoms with Crippen LogP contribution in [0.4, 0.5) is 0 Å². The van der Waals surface area contributed by atoms with E-state index in [2.05, 4.69) is 13.8 Å². The molecule has 184 valence electrons. The normalized spacial score (nSPS) is 10.9. The molecule has 0 aliphatic rings. The van der Waals surface area contributed by atoms with Gasteiger partial charge in [-0.1, -0.05) is 89.1 Å². The Kier molecular flexibility index (Phi) is 9.66. The maximum Gasteiger partial charge on any atom is 0.343 e. The van der Waals surface area contributed by atoms with Crippen LogP contribution in [-0.2, 0) is 12.8 Å². The first-order valence-corrected chi connectivity index (χ1v) is 12.7. The Balaban J connectivity index is 1.93. The highest BCUT2D eigenvalue weighted by molar-refractivity contribution is 5.95. The highest BCUT2D eigenvalue weighted by Gasteiger charge is 2.23. The number of hydrogen-bond donors (Lipinski definition) is 0. The molecule has 0 bridgehead atoms. The second kappa shape index (κ2) is 12.9. The summed E-state index contributed by atoms with van der Waals surface area (Å²) < 4.78 is 11.8. The number of unbranched alkanes of at least 4 members (excludes halogenated alkanes) is 2. The van der Waals surface area contributed by atoms with Crippen molar-refractivity contribution in [2.24, 2.45) is 0 Å². The fourth-order valence-electron chi connectivity index (χ4n) is 4.09. The maximum atomic E-state index is 13.3. The van der Waals surface area contributed by atoms with E-state index in [1.54, 1.807) is 18.2 Å². The van der Waals surface area contributed by atoms with Gasteiger partial charge in [0.1, 0.15) is 0 Å². The van der Waals surface area contributed by atoms with Gasteiger partial charge in [0, 0.05) is 5.56 Å². The Morgan fingerprint density at radius 1 is 0.686 bits per heavy atom. The van der Waals surface area contributed by atoms with Crippen LogP contribution in [0, 0.1) is 0 Å². The van der Waals surface area contributed by atoms with Crippen LogP contribution in [0.5, 0.6) is 11.5 Å². The summed E-state index contributed by atoms with van der Waals surface area (Å²) in [6, 6.07) is 20.5. The lowest BCUT2D eigenvalue weighted by molar-refractivity contribution is 0.0679. The molecule has 0 N–H and O–H groups in total. The van der Waals surface area contributed by atoms with Gasteiger partial charge in [-0.3, -0.25) is 0 Å². The molecule has 35 heavy (non-hydrogen) atoms. The number of ether oxygens (including phenoxy) is 2. The van der Waals surface area contributed by atoms with Crippen molar-refractivity contribution in [3.8, 4) is 11.5 Å². The number of hydrogen-bond acceptors (Lipinski definition) is 4. The molecular formula is C31H36O4. The highest BCUT2D eigenvalue weighted by atomic mass is 16.6. The lowest BCUT2D eigenvalue weighted by Gasteiger charge is -2.18. The van der Waals surface area contributed by atoms with E-state index in [1.807, 2.05) is 62.4 Å². The fraction of sp³-hybridized carbons (Fsp3) is 0.355. The third-order valence-corrected chi connectivity index (χ3v) is 6.10. The van der Waals surface area contributed by atoms with Crippen molar-refractivity contribution < 1.29 is 19.1 Å². The van der Waals surface area contributed by atoms with E-state index in [-0.39, 0.29) is 11.7 Å². The van der Waals surface area contributed by atoms with E-state index < -0.39 is 11.9 Å². The molecular weight excluding hydrogens is 436 g/mol. The van der Waals surface area contributed by atoms with Crippen LogP contribution in [-0.4, -0.2) is 11.9 Å². The van der Waals surface area contributed by atoms with Gasteiger partial charge in [0.05, 0.1) is 11.1 Å². The zero-order valence-corrected chi connectivity index (χ0v) is 21.3. The first-order valence-electron chi connectivity index (χ1n) is 12.7. The number of para-hydroxylation sites is 1. The number of carbonyl (C=O) groups is 2. The van der Waals surface area contributed by atoms with Gasteiger partial charge in [-0.2, -0.15) is 0 Å². The minimum atomic E-state index is -0.446. The zero-order valence-electron chi connectivity index (χ0n) is 21.3. The van der Waals surface area contributed by atoms with Crippen LogP contribution >= 0.6 is 0 Å². The summed E-state index contributed by atoms with van der Waals surface area (Å²) >= 11 is 0. The van der Waals surface area contributed by atoms with Gasteiger partial charge < -0.3 is 9.47 Å². The smallest absolute Gasteiger partial charge is 0.343 e. The Morgan fingerprint density at radius 3 is 1.71 bits per heavy atom. The summed E-state index contributed by atoms with van der Waals surface area (Å²) in [5.41, 5.74) is 3.82. The number of carbonyl (C=O) groups excluding carboxylic acids is 2. The third kappa shape index (κ3) is 6.82. The summed E-state index contributed by atoms with van der Waals surface area (Å²) in [4.78, 5) is 26.5. The predicted molar refractivity (Wildman–Crippen MR) is 141 cm³/mol. The molecule has 0 saturated carbocycles. The van der Waals surface area contributed by atoms with Gasteiger partial charge in [0.2, 0.25) is 0 Å². The number of benzene rings is 3. The van der Waals surface area contributed by atoms with E-state index >= 15 is 0 Å². The SMILES string of the molecule is CCCCc1ccccc1C(=O)Oc1cccc(C(C)C)c1OC(=O)c1ccccc1CCCC. The molecule has 3 rings (SSSR count). The van der Waals surface area contributed by atoms with Crippen LogP contribution in [0.2, 0.25) is 0 Å². The van der Waals surface area contributed by atoms with Gasteiger partial charge in [-0.25, -0.2) is 9.59 Å². The van der Waals surface area contributed by atoms with Crippen molar-refractivity contribution in [1.82, 2.24) is 0 Å². The summed E-state index contributed by atoms with van der Waals surface area (Å²) in [6.45, 7) is 8.29. The van der Waals surface area contributed by atoms with Crippen molar-refractivity contribution in [1.29, 1.82) is 0 Å². The van der Waals surface area contributed by atoms with Crippen molar-refractivity contribution in [2.75, 3.05) is 0 Å². The molecule has 0 saturated heterocycles. The zero-order chi connectivity index (χ0) is 25.2. The molecule has 4 heteroatoms. The topological polar surface area (TPSA) is 52.6 Å². The van der Waals surface area contributed by atoms with Gasteiger partial charge in [-0.05, 0) is 60.9 Å².